The largest absolute Gasteiger partial charge is 0.542 e. The van der Waals surface area contributed by atoms with Gasteiger partial charge in [0.05, 0.1) is 9.52 Å². The maximum atomic E-state index is 6.38. The van der Waals surface area contributed by atoms with Crippen molar-refractivity contribution < 1.29 is 8.85 Å². The van der Waals surface area contributed by atoms with E-state index in [0.29, 0.717) is 0 Å². The highest BCUT2D eigenvalue weighted by Crippen LogP contribution is 2.29. The number of rotatable bonds is 8. The molecule has 0 spiro atoms. The fraction of sp³-hybridized carbons (Fsp3) is 0.600. The Morgan fingerprint density at radius 3 is 2.14 bits per heavy atom. The second-order valence-electron chi connectivity index (χ2n) is 7.42. The summed E-state index contributed by atoms with van der Waals surface area (Å²) < 4.78 is 12.6. The summed E-state index contributed by atoms with van der Waals surface area (Å²) in [6.45, 7) is 14.1. The maximum absolute atomic E-state index is 6.38. The van der Waals surface area contributed by atoms with Crippen LogP contribution in [0.15, 0.2) is 18.2 Å². The molecule has 3 nitrogen and oxygen atoms in total. The molecule has 120 valence electrons. The Morgan fingerprint density at radius 1 is 1.00 bits per heavy atom. The quantitative estimate of drug-likeness (QED) is 0.584. The zero-order chi connectivity index (χ0) is 16.1. The van der Waals surface area contributed by atoms with E-state index in [1.165, 1.54) is 11.2 Å². The van der Waals surface area contributed by atoms with Gasteiger partial charge in [-0.3, -0.25) is 0 Å². The van der Waals surface area contributed by atoms with E-state index in [2.05, 4.69) is 57.5 Å². The molecule has 0 saturated heterocycles. The summed E-state index contributed by atoms with van der Waals surface area (Å²) in [6.07, 6.45) is 1.11. The third kappa shape index (κ3) is 7.30. The van der Waals surface area contributed by atoms with Crippen LogP contribution in [0.4, 0.5) is 0 Å². The topological polar surface area (TPSA) is 44.5 Å². The van der Waals surface area contributed by atoms with Crippen LogP contribution in [-0.4, -0.2) is 32.7 Å². The van der Waals surface area contributed by atoms with Crippen molar-refractivity contribution >= 4 is 31.3 Å². The summed E-state index contributed by atoms with van der Waals surface area (Å²) in [7, 11) is -3.63. The Labute approximate surface area is 134 Å². The molecule has 1 aromatic rings. The van der Waals surface area contributed by atoms with Gasteiger partial charge in [-0.1, -0.05) is 18.2 Å². The summed E-state index contributed by atoms with van der Waals surface area (Å²) in [5, 5.41) is 1.39. The molecule has 0 saturated carbocycles. The van der Waals surface area contributed by atoms with Gasteiger partial charge in [-0.2, -0.15) is 0 Å². The van der Waals surface area contributed by atoms with Crippen LogP contribution in [0.2, 0.25) is 45.3 Å². The molecule has 0 radical (unpaired) electrons. The van der Waals surface area contributed by atoms with Gasteiger partial charge in [-0.05, 0) is 63.5 Å². The molecule has 6 heteroatoms. The normalized spacial score (nSPS) is 12.9. The Morgan fingerprint density at radius 2 is 1.62 bits per heavy atom. The van der Waals surface area contributed by atoms with Gasteiger partial charge in [0.25, 0.3) is 0 Å². The van der Waals surface area contributed by atoms with Gasteiger partial charge in [0, 0.05) is 0 Å². The minimum atomic E-state index is -1.65. The molecule has 0 bridgehead atoms. The third-order valence-corrected chi connectivity index (χ3v) is 6.38. The summed E-state index contributed by atoms with van der Waals surface area (Å²) in [5.74, 6) is 1.98. The molecule has 0 aliphatic carbocycles. The summed E-state index contributed by atoms with van der Waals surface area (Å²) in [5.41, 5.74) is 5.62. The van der Waals surface area contributed by atoms with Gasteiger partial charge in [0.15, 0.2) is 0 Å². The van der Waals surface area contributed by atoms with Gasteiger partial charge in [0.2, 0.25) is 16.6 Å². The molecular weight excluding hydrogens is 310 g/mol. The summed E-state index contributed by atoms with van der Waals surface area (Å²) >= 11 is 0. The van der Waals surface area contributed by atoms with Crippen molar-refractivity contribution in [2.75, 3.05) is 6.54 Å². The van der Waals surface area contributed by atoms with E-state index in [9.17, 15) is 0 Å². The lowest BCUT2D eigenvalue weighted by Crippen LogP contribution is -2.35. The van der Waals surface area contributed by atoms with Crippen molar-refractivity contribution in [3.8, 4) is 11.5 Å². The second kappa shape index (κ2) is 7.62. The fourth-order valence-electron chi connectivity index (χ4n) is 2.05. The lowest BCUT2D eigenvalue weighted by atomic mass is 10.3. The molecule has 0 heterocycles. The zero-order valence-electron chi connectivity index (χ0n) is 14.5. The first kappa shape index (κ1) is 18.5. The standard InChI is InChI=1S/C15H31NO2Si3/c1-20(2,3)17-13-9-7-10-14(19-12-8-11-16)15(13)18-21(4,5)6/h7,9-10H,8,11-12,16,19H2,1-6H3. The minimum Gasteiger partial charge on any atom is -0.542 e. The van der Waals surface area contributed by atoms with Crippen LogP contribution < -0.4 is 19.8 Å². The monoisotopic (exact) mass is 341 g/mol. The first-order valence-corrected chi connectivity index (χ1v) is 16.3. The lowest BCUT2D eigenvalue weighted by Gasteiger charge is -2.27. The number of para-hydroxylation sites is 1. The average molecular weight is 342 g/mol. The van der Waals surface area contributed by atoms with Crippen LogP contribution in [0, 0.1) is 0 Å². The van der Waals surface area contributed by atoms with Gasteiger partial charge >= 0.3 is 0 Å². The molecule has 0 aliphatic rings. The van der Waals surface area contributed by atoms with E-state index in [1.54, 1.807) is 0 Å². The summed E-state index contributed by atoms with van der Waals surface area (Å²) in [4.78, 5) is 0. The Balaban J connectivity index is 3.08. The average Bonchev–Trinajstić information content (AvgIpc) is 2.30. The molecule has 0 atom stereocenters. The van der Waals surface area contributed by atoms with Crippen LogP contribution in [0.1, 0.15) is 6.42 Å². The molecule has 21 heavy (non-hydrogen) atoms. The highest BCUT2D eigenvalue weighted by Gasteiger charge is 2.24. The van der Waals surface area contributed by atoms with Crippen LogP contribution in [-0.2, 0) is 0 Å². The van der Waals surface area contributed by atoms with Gasteiger partial charge in [-0.15, -0.1) is 0 Å². The van der Waals surface area contributed by atoms with Crippen molar-refractivity contribution in [1.82, 2.24) is 0 Å². The van der Waals surface area contributed by atoms with Crippen molar-refractivity contribution in [1.29, 1.82) is 0 Å². The molecule has 0 unspecified atom stereocenters. The minimum absolute atomic E-state index is 0.342. The number of benzene rings is 1. The Bertz CT molecular complexity index is 453. The second-order valence-corrected chi connectivity index (χ2v) is 18.2. The van der Waals surface area contributed by atoms with E-state index in [1.807, 2.05) is 0 Å². The number of nitrogens with two attached hydrogens (primary N) is 1. The molecule has 0 amide bonds. The number of hydrogen-bond acceptors (Lipinski definition) is 3. The van der Waals surface area contributed by atoms with Gasteiger partial charge < -0.3 is 14.6 Å². The zero-order valence-corrected chi connectivity index (χ0v) is 17.9. The third-order valence-electron chi connectivity index (χ3n) is 2.79. The highest BCUT2D eigenvalue weighted by molar-refractivity contribution is 6.71. The van der Waals surface area contributed by atoms with Crippen molar-refractivity contribution in [2.45, 2.75) is 51.7 Å². The Hall–Kier alpha value is -0.569. The van der Waals surface area contributed by atoms with Crippen molar-refractivity contribution in [2.24, 2.45) is 5.73 Å². The fourth-order valence-corrected chi connectivity index (χ4v) is 5.55. The van der Waals surface area contributed by atoms with E-state index < -0.39 is 16.6 Å². The predicted molar refractivity (Wildman–Crippen MR) is 101 cm³/mol. The summed E-state index contributed by atoms with van der Waals surface area (Å²) in [6, 6.07) is 7.62. The van der Waals surface area contributed by atoms with Crippen molar-refractivity contribution in [3.63, 3.8) is 0 Å². The number of hydrogen-bond donors (Lipinski definition) is 1. The molecule has 0 aromatic heterocycles. The molecule has 1 aromatic carbocycles. The van der Waals surface area contributed by atoms with E-state index in [4.69, 9.17) is 14.6 Å². The maximum Gasteiger partial charge on any atom is 0.242 e. The first-order valence-electron chi connectivity index (χ1n) is 7.82. The Kier molecular flexibility index (Phi) is 6.71. The smallest absolute Gasteiger partial charge is 0.242 e. The van der Waals surface area contributed by atoms with Crippen LogP contribution in [0.3, 0.4) is 0 Å². The van der Waals surface area contributed by atoms with E-state index in [-0.39, 0.29) is 9.52 Å². The lowest BCUT2D eigenvalue weighted by molar-refractivity contribution is 0.492. The highest BCUT2D eigenvalue weighted by atomic mass is 28.4. The molecule has 2 N–H and O–H groups in total. The van der Waals surface area contributed by atoms with Gasteiger partial charge in [-0.25, -0.2) is 0 Å². The SMILES string of the molecule is C[Si](C)(C)Oc1cccc([SiH2]CCCN)c1O[Si](C)(C)C. The molecule has 0 aliphatic heterocycles. The predicted octanol–water partition coefficient (Wildman–Crippen LogP) is 2.68. The van der Waals surface area contributed by atoms with Crippen LogP contribution in [0.5, 0.6) is 11.5 Å². The first-order chi connectivity index (χ1) is 9.62. The van der Waals surface area contributed by atoms with Crippen LogP contribution >= 0.6 is 0 Å². The molecular formula is C15H31NO2Si3. The van der Waals surface area contributed by atoms with E-state index in [0.717, 1.165) is 24.5 Å². The molecule has 0 fully saturated rings. The van der Waals surface area contributed by atoms with Crippen molar-refractivity contribution in [3.05, 3.63) is 18.2 Å². The molecule has 1 rings (SSSR count). The van der Waals surface area contributed by atoms with Crippen LogP contribution in [0.25, 0.3) is 0 Å². The van der Waals surface area contributed by atoms with E-state index >= 15 is 0 Å². The van der Waals surface area contributed by atoms with Gasteiger partial charge in [0.1, 0.15) is 11.5 Å².